The van der Waals surface area contributed by atoms with Gasteiger partial charge in [0.25, 0.3) is 0 Å². The molecule has 1 aliphatic carbocycles. The molecule has 4 heteroatoms. The Balaban J connectivity index is 2.57. The van der Waals surface area contributed by atoms with Crippen molar-refractivity contribution in [2.75, 3.05) is 20.3 Å². The molecule has 0 amide bonds. The maximum Gasteiger partial charge on any atom is 0.166 e. The molecule has 1 aromatic carbocycles. The summed E-state index contributed by atoms with van der Waals surface area (Å²) in [4.78, 5) is 0. The van der Waals surface area contributed by atoms with E-state index in [1.54, 1.807) is 0 Å². The van der Waals surface area contributed by atoms with Crippen LogP contribution in [0.15, 0.2) is 6.07 Å². The molecule has 0 aromatic heterocycles. The molecule has 3 nitrogen and oxygen atoms in total. The van der Waals surface area contributed by atoms with Crippen LogP contribution in [0.2, 0.25) is 5.02 Å². The van der Waals surface area contributed by atoms with E-state index in [1.807, 2.05) is 27.0 Å². The smallest absolute Gasteiger partial charge is 0.166 e. The number of benzene rings is 1. The number of rotatable bonds is 5. The summed E-state index contributed by atoms with van der Waals surface area (Å²) in [6, 6.07) is 2.19. The molecule has 106 valence electrons. The fraction of sp³-hybridized carbons (Fsp3) is 0.600. The van der Waals surface area contributed by atoms with E-state index >= 15 is 0 Å². The zero-order chi connectivity index (χ0) is 13.8. The van der Waals surface area contributed by atoms with Gasteiger partial charge in [-0.25, -0.2) is 0 Å². The van der Waals surface area contributed by atoms with E-state index in [9.17, 15) is 0 Å². The van der Waals surface area contributed by atoms with E-state index in [0.717, 1.165) is 35.8 Å². The minimum Gasteiger partial charge on any atom is -0.490 e. The summed E-state index contributed by atoms with van der Waals surface area (Å²) < 4.78 is 11.5. The van der Waals surface area contributed by atoms with Gasteiger partial charge >= 0.3 is 0 Å². The predicted octanol–water partition coefficient (Wildman–Crippen LogP) is 3.73. The lowest BCUT2D eigenvalue weighted by Gasteiger charge is -2.29. The normalized spacial score (nSPS) is 18.0. The summed E-state index contributed by atoms with van der Waals surface area (Å²) in [5, 5.41) is 4.15. The average Bonchev–Trinajstić information content (AvgIpc) is 2.42. The van der Waals surface area contributed by atoms with E-state index in [0.29, 0.717) is 19.3 Å². The first-order chi connectivity index (χ1) is 9.22. The molecule has 0 heterocycles. The van der Waals surface area contributed by atoms with Crippen LogP contribution in [0.4, 0.5) is 0 Å². The van der Waals surface area contributed by atoms with Crippen LogP contribution in [-0.4, -0.2) is 20.3 Å². The molecule has 1 aliphatic rings. The van der Waals surface area contributed by atoms with E-state index in [2.05, 4.69) is 5.32 Å². The SMILES string of the molecule is CCOc1cc(Cl)c2c(c1OCC)C(NC)CCC2. The second kappa shape index (κ2) is 6.49. The lowest BCUT2D eigenvalue weighted by molar-refractivity contribution is 0.280. The Morgan fingerprint density at radius 1 is 1.32 bits per heavy atom. The van der Waals surface area contributed by atoms with Crippen LogP contribution in [0.25, 0.3) is 0 Å². The number of fused-ring (bicyclic) bond motifs is 1. The standard InChI is InChI=1S/C15H22ClNO2/c1-4-18-13-9-11(16)10-7-6-8-12(17-3)14(10)15(13)19-5-2/h9,12,17H,4-8H2,1-3H3. The molecule has 0 aliphatic heterocycles. The van der Waals surface area contributed by atoms with E-state index < -0.39 is 0 Å². The van der Waals surface area contributed by atoms with Crippen LogP contribution in [0, 0.1) is 0 Å². The lowest BCUT2D eigenvalue weighted by atomic mass is 9.86. The molecule has 0 bridgehead atoms. The van der Waals surface area contributed by atoms with Crippen molar-refractivity contribution in [3.05, 3.63) is 22.2 Å². The minimum atomic E-state index is 0.295. The molecule has 0 fully saturated rings. The minimum absolute atomic E-state index is 0.295. The van der Waals surface area contributed by atoms with Crippen molar-refractivity contribution in [1.82, 2.24) is 5.32 Å². The van der Waals surface area contributed by atoms with Gasteiger partial charge in [-0.3, -0.25) is 0 Å². The third kappa shape index (κ3) is 2.82. The number of hydrogen-bond acceptors (Lipinski definition) is 3. The largest absolute Gasteiger partial charge is 0.490 e. The highest BCUT2D eigenvalue weighted by Crippen LogP contribution is 2.45. The Kier molecular flexibility index (Phi) is 4.94. The van der Waals surface area contributed by atoms with Gasteiger partial charge in [0.05, 0.1) is 13.2 Å². The number of halogens is 1. The van der Waals surface area contributed by atoms with Gasteiger partial charge in [-0.05, 0) is 45.7 Å². The van der Waals surface area contributed by atoms with Crippen molar-refractivity contribution in [2.45, 2.75) is 39.2 Å². The molecule has 1 atom stereocenters. The Morgan fingerprint density at radius 2 is 2.05 bits per heavy atom. The first-order valence-corrected chi connectivity index (χ1v) is 7.38. The Hall–Kier alpha value is -0.930. The first kappa shape index (κ1) is 14.5. The topological polar surface area (TPSA) is 30.5 Å². The van der Waals surface area contributed by atoms with Gasteiger partial charge in [0.1, 0.15) is 0 Å². The zero-order valence-corrected chi connectivity index (χ0v) is 12.6. The Bertz CT molecular complexity index is 448. The zero-order valence-electron chi connectivity index (χ0n) is 11.9. The lowest BCUT2D eigenvalue weighted by Crippen LogP contribution is -2.23. The summed E-state index contributed by atoms with van der Waals surface area (Å²) in [6.07, 6.45) is 3.27. The molecule has 0 saturated carbocycles. The molecule has 0 saturated heterocycles. The van der Waals surface area contributed by atoms with Gasteiger partial charge < -0.3 is 14.8 Å². The second-order valence-electron chi connectivity index (χ2n) is 4.68. The fourth-order valence-electron chi connectivity index (χ4n) is 2.76. The summed E-state index contributed by atoms with van der Waals surface area (Å²) >= 11 is 6.41. The number of ether oxygens (including phenoxy) is 2. The second-order valence-corrected chi connectivity index (χ2v) is 5.08. The third-order valence-electron chi connectivity index (χ3n) is 3.54. The Labute approximate surface area is 120 Å². The van der Waals surface area contributed by atoms with Crippen molar-refractivity contribution in [3.8, 4) is 11.5 Å². The molecule has 0 radical (unpaired) electrons. The van der Waals surface area contributed by atoms with Crippen molar-refractivity contribution >= 4 is 11.6 Å². The highest BCUT2D eigenvalue weighted by molar-refractivity contribution is 6.31. The predicted molar refractivity (Wildman–Crippen MR) is 78.5 cm³/mol. The maximum atomic E-state index is 6.41. The van der Waals surface area contributed by atoms with Crippen LogP contribution in [-0.2, 0) is 6.42 Å². The average molecular weight is 284 g/mol. The number of nitrogens with one attached hydrogen (secondary N) is 1. The van der Waals surface area contributed by atoms with Crippen LogP contribution in [0.3, 0.4) is 0 Å². The van der Waals surface area contributed by atoms with Gasteiger partial charge in [0.2, 0.25) is 0 Å². The summed E-state index contributed by atoms with van der Waals surface area (Å²) in [5.74, 6) is 1.62. The maximum absolute atomic E-state index is 6.41. The molecule has 1 N–H and O–H groups in total. The molecular formula is C15H22ClNO2. The third-order valence-corrected chi connectivity index (χ3v) is 3.88. The van der Waals surface area contributed by atoms with Crippen LogP contribution in [0.1, 0.15) is 43.9 Å². The van der Waals surface area contributed by atoms with Crippen LogP contribution in [0.5, 0.6) is 11.5 Å². The quantitative estimate of drug-likeness (QED) is 0.893. The Morgan fingerprint density at radius 3 is 2.68 bits per heavy atom. The molecule has 19 heavy (non-hydrogen) atoms. The van der Waals surface area contributed by atoms with Crippen molar-refractivity contribution in [2.24, 2.45) is 0 Å². The van der Waals surface area contributed by atoms with Crippen molar-refractivity contribution in [1.29, 1.82) is 0 Å². The molecule has 2 rings (SSSR count). The highest BCUT2D eigenvalue weighted by atomic mass is 35.5. The molecule has 1 unspecified atom stereocenters. The molecular weight excluding hydrogens is 262 g/mol. The van der Waals surface area contributed by atoms with Gasteiger partial charge in [-0.15, -0.1) is 0 Å². The van der Waals surface area contributed by atoms with E-state index in [-0.39, 0.29) is 0 Å². The molecule has 1 aromatic rings. The van der Waals surface area contributed by atoms with Gasteiger partial charge in [0.15, 0.2) is 11.5 Å². The summed E-state index contributed by atoms with van der Waals surface area (Å²) in [6.45, 7) is 5.20. The summed E-state index contributed by atoms with van der Waals surface area (Å²) in [5.41, 5.74) is 2.39. The van der Waals surface area contributed by atoms with E-state index in [1.165, 1.54) is 11.1 Å². The van der Waals surface area contributed by atoms with Gasteiger partial charge in [-0.2, -0.15) is 0 Å². The monoisotopic (exact) mass is 283 g/mol. The summed E-state index contributed by atoms with van der Waals surface area (Å²) in [7, 11) is 1.98. The van der Waals surface area contributed by atoms with Crippen LogP contribution >= 0.6 is 11.6 Å². The highest BCUT2D eigenvalue weighted by Gasteiger charge is 2.28. The van der Waals surface area contributed by atoms with E-state index in [4.69, 9.17) is 21.1 Å². The van der Waals surface area contributed by atoms with Crippen molar-refractivity contribution < 1.29 is 9.47 Å². The van der Waals surface area contributed by atoms with Gasteiger partial charge in [0, 0.05) is 22.7 Å². The van der Waals surface area contributed by atoms with Crippen molar-refractivity contribution in [3.63, 3.8) is 0 Å². The van der Waals surface area contributed by atoms with Gasteiger partial charge in [-0.1, -0.05) is 11.6 Å². The fourth-order valence-corrected chi connectivity index (χ4v) is 3.06. The van der Waals surface area contributed by atoms with Crippen LogP contribution < -0.4 is 14.8 Å². The molecule has 0 spiro atoms. The first-order valence-electron chi connectivity index (χ1n) is 7.01. The number of hydrogen-bond donors (Lipinski definition) is 1.